The summed E-state index contributed by atoms with van der Waals surface area (Å²) in [5.41, 5.74) is 7.81. The van der Waals surface area contributed by atoms with Gasteiger partial charge < -0.3 is 10.5 Å². The van der Waals surface area contributed by atoms with Crippen LogP contribution >= 0.6 is 15.9 Å². The fourth-order valence-corrected chi connectivity index (χ4v) is 1.58. The molecule has 0 saturated heterocycles. The number of anilines is 1. The standard InChI is InChI=1S/C11H17BrN2O/c1-14(5-6-15-2)8-9-3-4-10(12)11(13)7-9/h3-4,7H,5-6,8,13H2,1-2H3. The van der Waals surface area contributed by atoms with Crippen molar-refractivity contribution in [2.45, 2.75) is 6.54 Å². The number of likely N-dealkylation sites (N-methyl/N-ethyl adjacent to an activating group) is 1. The van der Waals surface area contributed by atoms with Gasteiger partial charge in [0, 0.05) is 30.4 Å². The van der Waals surface area contributed by atoms with Crippen LogP contribution in [0, 0.1) is 0 Å². The summed E-state index contributed by atoms with van der Waals surface area (Å²) in [5.74, 6) is 0. The Hall–Kier alpha value is -0.580. The zero-order valence-electron chi connectivity index (χ0n) is 9.16. The van der Waals surface area contributed by atoms with Crippen molar-refractivity contribution in [3.63, 3.8) is 0 Å². The lowest BCUT2D eigenvalue weighted by molar-refractivity contribution is 0.158. The van der Waals surface area contributed by atoms with Crippen molar-refractivity contribution in [3.8, 4) is 0 Å². The molecule has 0 radical (unpaired) electrons. The molecule has 0 aliphatic rings. The molecule has 1 rings (SSSR count). The van der Waals surface area contributed by atoms with Crippen LogP contribution in [0.1, 0.15) is 5.56 Å². The molecule has 0 spiro atoms. The van der Waals surface area contributed by atoms with E-state index in [4.69, 9.17) is 10.5 Å². The molecule has 0 saturated carbocycles. The second-order valence-corrected chi connectivity index (χ2v) is 4.44. The van der Waals surface area contributed by atoms with Gasteiger partial charge in [-0.3, -0.25) is 4.90 Å². The summed E-state index contributed by atoms with van der Waals surface area (Å²) in [4.78, 5) is 2.20. The van der Waals surface area contributed by atoms with E-state index in [0.29, 0.717) is 0 Å². The van der Waals surface area contributed by atoms with E-state index < -0.39 is 0 Å². The Balaban J connectivity index is 2.53. The highest BCUT2D eigenvalue weighted by molar-refractivity contribution is 9.10. The van der Waals surface area contributed by atoms with Gasteiger partial charge in [0.05, 0.1) is 6.61 Å². The molecule has 84 valence electrons. The number of halogens is 1. The third-order valence-electron chi connectivity index (χ3n) is 2.19. The Morgan fingerprint density at radius 2 is 2.20 bits per heavy atom. The normalized spacial score (nSPS) is 10.9. The highest BCUT2D eigenvalue weighted by atomic mass is 79.9. The number of hydrogen-bond acceptors (Lipinski definition) is 3. The van der Waals surface area contributed by atoms with E-state index in [9.17, 15) is 0 Å². The van der Waals surface area contributed by atoms with Crippen LogP contribution < -0.4 is 5.73 Å². The number of ether oxygens (including phenoxy) is 1. The number of nitrogens with zero attached hydrogens (tertiary/aromatic N) is 1. The summed E-state index contributed by atoms with van der Waals surface area (Å²) in [6.07, 6.45) is 0. The van der Waals surface area contributed by atoms with E-state index in [0.717, 1.165) is 29.9 Å². The average Bonchev–Trinajstić information content (AvgIpc) is 2.20. The number of methoxy groups -OCH3 is 1. The Bertz CT molecular complexity index is 317. The number of nitrogens with two attached hydrogens (primary N) is 1. The van der Waals surface area contributed by atoms with Crippen LogP contribution in [-0.4, -0.2) is 32.2 Å². The molecule has 0 heterocycles. The second-order valence-electron chi connectivity index (χ2n) is 3.59. The van der Waals surface area contributed by atoms with Crippen LogP contribution in [0.5, 0.6) is 0 Å². The van der Waals surface area contributed by atoms with E-state index in [-0.39, 0.29) is 0 Å². The average molecular weight is 273 g/mol. The van der Waals surface area contributed by atoms with Crippen molar-refractivity contribution in [2.24, 2.45) is 0 Å². The van der Waals surface area contributed by atoms with E-state index >= 15 is 0 Å². The van der Waals surface area contributed by atoms with Crippen molar-refractivity contribution >= 4 is 21.6 Å². The molecular weight excluding hydrogens is 256 g/mol. The lowest BCUT2D eigenvalue weighted by Crippen LogP contribution is -2.22. The number of hydrogen-bond donors (Lipinski definition) is 1. The van der Waals surface area contributed by atoms with Gasteiger partial charge in [-0.1, -0.05) is 6.07 Å². The molecule has 0 aliphatic heterocycles. The van der Waals surface area contributed by atoms with E-state index in [1.165, 1.54) is 5.56 Å². The van der Waals surface area contributed by atoms with Gasteiger partial charge in [-0.15, -0.1) is 0 Å². The molecule has 4 heteroatoms. The summed E-state index contributed by atoms with van der Waals surface area (Å²) in [5, 5.41) is 0. The SMILES string of the molecule is COCCN(C)Cc1ccc(Br)c(N)c1. The molecule has 3 nitrogen and oxygen atoms in total. The zero-order valence-corrected chi connectivity index (χ0v) is 10.8. The number of rotatable bonds is 5. The van der Waals surface area contributed by atoms with Crippen LogP contribution in [0.4, 0.5) is 5.69 Å². The topological polar surface area (TPSA) is 38.5 Å². The predicted octanol–water partition coefficient (Wildman–Crippen LogP) is 2.11. The third-order valence-corrected chi connectivity index (χ3v) is 2.91. The number of nitrogen functional groups attached to an aromatic ring is 1. The van der Waals surface area contributed by atoms with Gasteiger partial charge in [-0.25, -0.2) is 0 Å². The molecule has 2 N–H and O–H groups in total. The van der Waals surface area contributed by atoms with Crippen LogP contribution in [0.15, 0.2) is 22.7 Å². The first-order valence-electron chi connectivity index (χ1n) is 4.85. The van der Waals surface area contributed by atoms with Crippen LogP contribution in [-0.2, 0) is 11.3 Å². The van der Waals surface area contributed by atoms with Gasteiger partial charge in [-0.2, -0.15) is 0 Å². The van der Waals surface area contributed by atoms with Crippen molar-refractivity contribution in [2.75, 3.05) is 33.0 Å². The first-order chi connectivity index (χ1) is 7.13. The first kappa shape index (κ1) is 12.5. The molecule has 0 aromatic heterocycles. The highest BCUT2D eigenvalue weighted by Crippen LogP contribution is 2.20. The molecule has 0 amide bonds. The maximum atomic E-state index is 5.81. The minimum absolute atomic E-state index is 0.752. The van der Waals surface area contributed by atoms with Crippen molar-refractivity contribution < 1.29 is 4.74 Å². The molecule has 1 aromatic rings. The molecule has 0 bridgehead atoms. The minimum atomic E-state index is 0.752. The molecule has 0 unspecified atom stereocenters. The van der Waals surface area contributed by atoms with Crippen molar-refractivity contribution in [1.29, 1.82) is 0 Å². The maximum Gasteiger partial charge on any atom is 0.0589 e. The Kier molecular flexibility index (Phi) is 5.08. The Labute approximate surface area is 99.3 Å². The molecule has 15 heavy (non-hydrogen) atoms. The van der Waals surface area contributed by atoms with Crippen molar-refractivity contribution in [1.82, 2.24) is 4.90 Å². The highest BCUT2D eigenvalue weighted by Gasteiger charge is 2.02. The van der Waals surface area contributed by atoms with Crippen LogP contribution in [0.2, 0.25) is 0 Å². The summed E-state index contributed by atoms with van der Waals surface area (Å²) in [6, 6.07) is 6.05. The largest absolute Gasteiger partial charge is 0.398 e. The van der Waals surface area contributed by atoms with E-state index in [1.807, 2.05) is 12.1 Å². The maximum absolute atomic E-state index is 5.81. The predicted molar refractivity (Wildman–Crippen MR) is 66.8 cm³/mol. The smallest absolute Gasteiger partial charge is 0.0589 e. The van der Waals surface area contributed by atoms with Gasteiger partial charge >= 0.3 is 0 Å². The quantitative estimate of drug-likeness (QED) is 0.835. The first-order valence-corrected chi connectivity index (χ1v) is 5.64. The van der Waals surface area contributed by atoms with E-state index in [1.54, 1.807) is 7.11 Å². The molecule has 0 atom stereocenters. The summed E-state index contributed by atoms with van der Waals surface area (Å²) >= 11 is 3.38. The molecule has 1 aromatic carbocycles. The lowest BCUT2D eigenvalue weighted by atomic mass is 10.2. The van der Waals surface area contributed by atoms with Gasteiger partial charge in [0.25, 0.3) is 0 Å². The lowest BCUT2D eigenvalue weighted by Gasteiger charge is -2.16. The fraction of sp³-hybridized carbons (Fsp3) is 0.455. The van der Waals surface area contributed by atoms with Gasteiger partial charge in [0.2, 0.25) is 0 Å². The van der Waals surface area contributed by atoms with E-state index in [2.05, 4.69) is 33.9 Å². The monoisotopic (exact) mass is 272 g/mol. The zero-order chi connectivity index (χ0) is 11.3. The van der Waals surface area contributed by atoms with Crippen LogP contribution in [0.3, 0.4) is 0 Å². The molecular formula is C11H17BrN2O. The van der Waals surface area contributed by atoms with Gasteiger partial charge in [0.15, 0.2) is 0 Å². The third kappa shape index (κ3) is 4.20. The summed E-state index contributed by atoms with van der Waals surface area (Å²) in [6.45, 7) is 2.57. The summed E-state index contributed by atoms with van der Waals surface area (Å²) < 4.78 is 5.97. The van der Waals surface area contributed by atoms with Crippen LogP contribution in [0.25, 0.3) is 0 Å². The minimum Gasteiger partial charge on any atom is -0.398 e. The summed E-state index contributed by atoms with van der Waals surface area (Å²) in [7, 11) is 3.78. The number of benzene rings is 1. The van der Waals surface area contributed by atoms with Gasteiger partial charge in [-0.05, 0) is 40.7 Å². The molecule has 0 aliphatic carbocycles. The molecule has 0 fully saturated rings. The van der Waals surface area contributed by atoms with Crippen molar-refractivity contribution in [3.05, 3.63) is 28.2 Å². The Morgan fingerprint density at radius 3 is 2.80 bits per heavy atom. The fourth-order valence-electron chi connectivity index (χ4n) is 1.33. The Morgan fingerprint density at radius 1 is 1.47 bits per heavy atom. The second kappa shape index (κ2) is 6.10. The van der Waals surface area contributed by atoms with Gasteiger partial charge in [0.1, 0.15) is 0 Å².